The molecule has 2 atom stereocenters. The molecule has 1 amide bonds. The summed E-state index contributed by atoms with van der Waals surface area (Å²) in [7, 11) is 0. The van der Waals surface area contributed by atoms with Crippen LogP contribution in [0, 0.1) is 5.92 Å². The second-order valence-corrected chi connectivity index (χ2v) is 4.20. The molecule has 1 aromatic rings. The summed E-state index contributed by atoms with van der Waals surface area (Å²) in [5, 5.41) is 2.79. The first-order valence-corrected chi connectivity index (χ1v) is 5.98. The van der Waals surface area contributed by atoms with Crippen LogP contribution in [0.1, 0.15) is 26.2 Å². The average Bonchev–Trinajstić information content (AvgIpc) is 2.40. The smallest absolute Gasteiger partial charge is 0.228 e. The van der Waals surface area contributed by atoms with Crippen LogP contribution in [0.3, 0.4) is 0 Å². The highest BCUT2D eigenvalue weighted by atomic mass is 16.5. The van der Waals surface area contributed by atoms with Gasteiger partial charge in [-0.1, -0.05) is 6.92 Å². The van der Waals surface area contributed by atoms with Gasteiger partial charge in [-0.15, -0.1) is 0 Å². The maximum atomic E-state index is 12.0. The highest BCUT2D eigenvalue weighted by Crippen LogP contribution is 2.23. The van der Waals surface area contributed by atoms with Gasteiger partial charge in [0, 0.05) is 24.9 Å². The number of hydrogen-bond acceptors (Lipinski definition) is 4. The third-order valence-corrected chi connectivity index (χ3v) is 3.01. The van der Waals surface area contributed by atoms with Gasteiger partial charge in [0.2, 0.25) is 5.91 Å². The molecule has 0 saturated carbocycles. The van der Waals surface area contributed by atoms with Crippen LogP contribution in [-0.2, 0) is 9.53 Å². The predicted octanol–water partition coefficient (Wildman–Crippen LogP) is 1.62. The SMILES string of the molecule is CC[C@H]1C[C@H](C(=O)Nc2cnccn2)CCO1. The minimum Gasteiger partial charge on any atom is -0.378 e. The fraction of sp³-hybridized carbons (Fsp3) is 0.583. The Hall–Kier alpha value is -1.49. The molecule has 1 aliphatic heterocycles. The molecule has 0 spiro atoms. The quantitative estimate of drug-likeness (QED) is 0.864. The molecule has 0 unspecified atom stereocenters. The summed E-state index contributed by atoms with van der Waals surface area (Å²) in [5.74, 6) is 0.556. The molecule has 2 heterocycles. The molecule has 1 aromatic heterocycles. The molecule has 5 nitrogen and oxygen atoms in total. The Bertz CT molecular complexity index is 369. The molecule has 5 heteroatoms. The molecular weight excluding hydrogens is 218 g/mol. The van der Waals surface area contributed by atoms with Gasteiger partial charge in [0.25, 0.3) is 0 Å². The lowest BCUT2D eigenvalue weighted by Gasteiger charge is -2.27. The largest absolute Gasteiger partial charge is 0.378 e. The third kappa shape index (κ3) is 3.23. The monoisotopic (exact) mass is 235 g/mol. The second-order valence-electron chi connectivity index (χ2n) is 4.20. The van der Waals surface area contributed by atoms with E-state index in [9.17, 15) is 4.79 Å². The lowest BCUT2D eigenvalue weighted by Crippen LogP contribution is -2.33. The van der Waals surface area contributed by atoms with E-state index in [1.165, 1.54) is 0 Å². The van der Waals surface area contributed by atoms with Gasteiger partial charge in [0.1, 0.15) is 0 Å². The van der Waals surface area contributed by atoms with E-state index < -0.39 is 0 Å². The molecule has 17 heavy (non-hydrogen) atoms. The lowest BCUT2D eigenvalue weighted by atomic mass is 9.93. The number of hydrogen-bond donors (Lipinski definition) is 1. The highest BCUT2D eigenvalue weighted by molar-refractivity contribution is 5.91. The first-order valence-electron chi connectivity index (χ1n) is 5.98. The zero-order valence-electron chi connectivity index (χ0n) is 9.93. The molecule has 0 aliphatic carbocycles. The van der Waals surface area contributed by atoms with Gasteiger partial charge in [0.05, 0.1) is 12.3 Å². The Morgan fingerprint density at radius 2 is 2.47 bits per heavy atom. The van der Waals surface area contributed by atoms with Gasteiger partial charge in [-0.05, 0) is 19.3 Å². The number of aromatic nitrogens is 2. The summed E-state index contributed by atoms with van der Waals surface area (Å²) >= 11 is 0. The number of rotatable bonds is 3. The molecule has 1 fully saturated rings. The first kappa shape index (κ1) is 12.0. The van der Waals surface area contributed by atoms with E-state index in [0.29, 0.717) is 12.4 Å². The van der Waals surface area contributed by atoms with E-state index in [2.05, 4.69) is 22.2 Å². The number of carbonyl (C=O) groups is 1. The number of amides is 1. The van der Waals surface area contributed by atoms with Crippen LogP contribution in [-0.4, -0.2) is 28.6 Å². The number of anilines is 1. The number of carbonyl (C=O) groups excluding carboxylic acids is 1. The van der Waals surface area contributed by atoms with Gasteiger partial charge in [-0.25, -0.2) is 4.98 Å². The van der Waals surface area contributed by atoms with Crippen molar-refractivity contribution in [2.24, 2.45) is 5.92 Å². The third-order valence-electron chi connectivity index (χ3n) is 3.01. The number of nitrogens with one attached hydrogen (secondary N) is 1. The van der Waals surface area contributed by atoms with Crippen molar-refractivity contribution >= 4 is 11.7 Å². The summed E-state index contributed by atoms with van der Waals surface area (Å²) < 4.78 is 5.55. The van der Waals surface area contributed by atoms with E-state index in [-0.39, 0.29) is 17.9 Å². The van der Waals surface area contributed by atoms with Gasteiger partial charge in [0.15, 0.2) is 5.82 Å². The number of nitrogens with zero attached hydrogens (tertiary/aromatic N) is 2. The summed E-state index contributed by atoms with van der Waals surface area (Å²) in [6.07, 6.45) is 7.43. The van der Waals surface area contributed by atoms with Crippen molar-refractivity contribution in [2.45, 2.75) is 32.3 Å². The first-order chi connectivity index (χ1) is 8.29. The zero-order valence-corrected chi connectivity index (χ0v) is 9.93. The van der Waals surface area contributed by atoms with Crippen molar-refractivity contribution < 1.29 is 9.53 Å². The summed E-state index contributed by atoms with van der Waals surface area (Å²) in [5.41, 5.74) is 0. The molecule has 1 saturated heterocycles. The van der Waals surface area contributed by atoms with Gasteiger partial charge >= 0.3 is 0 Å². The molecule has 1 N–H and O–H groups in total. The minimum atomic E-state index is 0.0206. The predicted molar refractivity (Wildman–Crippen MR) is 63.4 cm³/mol. The van der Waals surface area contributed by atoms with Crippen molar-refractivity contribution in [3.63, 3.8) is 0 Å². The maximum absolute atomic E-state index is 12.0. The van der Waals surface area contributed by atoms with Crippen LogP contribution in [0.25, 0.3) is 0 Å². The van der Waals surface area contributed by atoms with Gasteiger partial charge < -0.3 is 10.1 Å². The fourth-order valence-corrected chi connectivity index (χ4v) is 1.99. The van der Waals surface area contributed by atoms with Crippen molar-refractivity contribution in [1.82, 2.24) is 9.97 Å². The normalized spacial score (nSPS) is 24.3. The molecule has 2 rings (SSSR count). The zero-order chi connectivity index (χ0) is 12.1. The average molecular weight is 235 g/mol. The topological polar surface area (TPSA) is 64.1 Å². The standard InChI is InChI=1S/C12H17N3O2/c1-2-10-7-9(3-6-17-10)12(16)15-11-8-13-4-5-14-11/h4-5,8-10H,2-3,6-7H2,1H3,(H,14,15,16)/t9-,10+/m1/s1. The number of ether oxygens (including phenoxy) is 1. The fourth-order valence-electron chi connectivity index (χ4n) is 1.99. The van der Waals surface area contributed by atoms with Crippen molar-refractivity contribution in [1.29, 1.82) is 0 Å². The highest BCUT2D eigenvalue weighted by Gasteiger charge is 2.27. The van der Waals surface area contributed by atoms with Crippen LogP contribution >= 0.6 is 0 Å². The Balaban J connectivity index is 1.91. The molecule has 0 bridgehead atoms. The molecular formula is C12H17N3O2. The van der Waals surface area contributed by atoms with Crippen molar-refractivity contribution in [2.75, 3.05) is 11.9 Å². The van der Waals surface area contributed by atoms with E-state index in [1.807, 2.05) is 0 Å². The Labute approximate surface area is 101 Å². The second kappa shape index (κ2) is 5.72. The Morgan fingerprint density at radius 3 is 3.18 bits per heavy atom. The summed E-state index contributed by atoms with van der Waals surface area (Å²) in [6, 6.07) is 0. The van der Waals surface area contributed by atoms with E-state index in [0.717, 1.165) is 19.3 Å². The van der Waals surface area contributed by atoms with Crippen LogP contribution in [0.2, 0.25) is 0 Å². The van der Waals surface area contributed by atoms with Gasteiger partial charge in [-0.3, -0.25) is 9.78 Å². The molecule has 1 aliphatic rings. The molecule has 92 valence electrons. The summed E-state index contributed by atoms with van der Waals surface area (Å²) in [6.45, 7) is 2.74. The van der Waals surface area contributed by atoms with Crippen molar-refractivity contribution in [3.05, 3.63) is 18.6 Å². The van der Waals surface area contributed by atoms with Crippen LogP contribution in [0.15, 0.2) is 18.6 Å². The van der Waals surface area contributed by atoms with Crippen LogP contribution in [0.4, 0.5) is 5.82 Å². The minimum absolute atomic E-state index is 0.0206. The van der Waals surface area contributed by atoms with Crippen LogP contribution < -0.4 is 5.32 Å². The Morgan fingerprint density at radius 1 is 1.59 bits per heavy atom. The van der Waals surface area contributed by atoms with Crippen molar-refractivity contribution in [3.8, 4) is 0 Å². The van der Waals surface area contributed by atoms with E-state index in [4.69, 9.17) is 4.74 Å². The maximum Gasteiger partial charge on any atom is 0.228 e. The lowest BCUT2D eigenvalue weighted by molar-refractivity contribution is -0.124. The molecule has 0 aromatic carbocycles. The van der Waals surface area contributed by atoms with E-state index >= 15 is 0 Å². The summed E-state index contributed by atoms with van der Waals surface area (Å²) in [4.78, 5) is 19.9. The van der Waals surface area contributed by atoms with Crippen LogP contribution in [0.5, 0.6) is 0 Å². The Kier molecular flexibility index (Phi) is 4.03. The van der Waals surface area contributed by atoms with E-state index in [1.54, 1.807) is 18.6 Å². The molecule has 0 radical (unpaired) electrons. The van der Waals surface area contributed by atoms with Gasteiger partial charge in [-0.2, -0.15) is 0 Å².